The molecule has 0 aliphatic carbocycles. The van der Waals surface area contributed by atoms with Crippen LogP contribution in [0.25, 0.3) is 0 Å². The molecule has 7 heteroatoms. The van der Waals surface area contributed by atoms with Crippen LogP contribution in [0.3, 0.4) is 0 Å². The summed E-state index contributed by atoms with van der Waals surface area (Å²) in [4.78, 5) is 8.20. The Labute approximate surface area is 121 Å². The van der Waals surface area contributed by atoms with Crippen LogP contribution in [0.2, 0.25) is 0 Å². The number of nitrogens with one attached hydrogen (secondary N) is 2. The molecule has 4 N–H and O–H groups in total. The maximum atomic E-state index is 5.27. The van der Waals surface area contributed by atoms with Gasteiger partial charge in [0.1, 0.15) is 5.82 Å². The number of rotatable bonds is 4. The molecule has 1 aromatic carbocycles. The molecule has 2 rings (SSSR count). The number of hydrogen-bond donors (Lipinski definition) is 3. The third-order valence-electron chi connectivity index (χ3n) is 2.28. The summed E-state index contributed by atoms with van der Waals surface area (Å²) in [5.74, 6) is 6.33. The number of hydrogen-bond acceptors (Lipinski definition) is 5. The minimum Gasteiger partial charge on any atom is -0.365 e. The number of nitrogen functional groups attached to an aromatic ring is 1. The summed E-state index contributed by atoms with van der Waals surface area (Å²) >= 11 is 6.88. The van der Waals surface area contributed by atoms with Gasteiger partial charge in [-0.25, -0.2) is 10.8 Å². The van der Waals surface area contributed by atoms with Crippen LogP contribution in [-0.4, -0.2) is 9.97 Å². The number of anilines is 2. The Kier molecular flexibility index (Phi) is 4.51. The lowest BCUT2D eigenvalue weighted by molar-refractivity contribution is 1.05. The minimum absolute atomic E-state index is 0.368. The molecule has 0 radical (unpaired) electrons. The Hall–Kier alpha value is -1.18. The maximum absolute atomic E-state index is 5.27. The van der Waals surface area contributed by atoms with Crippen LogP contribution in [-0.2, 0) is 6.54 Å². The molecule has 18 heavy (non-hydrogen) atoms. The van der Waals surface area contributed by atoms with Gasteiger partial charge < -0.3 is 5.32 Å². The molecule has 2 aromatic rings. The van der Waals surface area contributed by atoms with Gasteiger partial charge in [-0.3, -0.25) is 5.43 Å². The Bertz CT molecular complexity index is 547. The first-order valence-electron chi connectivity index (χ1n) is 5.17. The zero-order valence-electron chi connectivity index (χ0n) is 9.32. The van der Waals surface area contributed by atoms with Gasteiger partial charge in [0.05, 0.1) is 4.47 Å². The predicted molar refractivity (Wildman–Crippen MR) is 79.0 cm³/mol. The second kappa shape index (κ2) is 6.12. The monoisotopic (exact) mass is 371 g/mol. The van der Waals surface area contributed by atoms with Crippen LogP contribution in [0.5, 0.6) is 0 Å². The predicted octanol–water partition coefficient (Wildman–Crippen LogP) is 2.90. The van der Waals surface area contributed by atoms with E-state index in [1.54, 1.807) is 6.20 Å². The molecule has 0 bridgehead atoms. The topological polar surface area (TPSA) is 75.9 Å². The van der Waals surface area contributed by atoms with E-state index in [-0.39, 0.29) is 0 Å². The van der Waals surface area contributed by atoms with Crippen molar-refractivity contribution in [3.8, 4) is 0 Å². The average molecular weight is 373 g/mol. The van der Waals surface area contributed by atoms with Crippen LogP contribution < -0.4 is 16.6 Å². The van der Waals surface area contributed by atoms with E-state index in [0.29, 0.717) is 18.3 Å². The normalized spacial score (nSPS) is 10.2. The van der Waals surface area contributed by atoms with Gasteiger partial charge in [0, 0.05) is 17.2 Å². The second-order valence-corrected chi connectivity index (χ2v) is 5.19. The molecule has 0 unspecified atom stereocenters. The fraction of sp³-hybridized carbons (Fsp3) is 0.0909. The van der Waals surface area contributed by atoms with Crippen LogP contribution in [0, 0.1) is 0 Å². The van der Waals surface area contributed by atoms with Crippen LogP contribution in [0.1, 0.15) is 5.56 Å². The summed E-state index contributed by atoms with van der Waals surface area (Å²) in [7, 11) is 0. The largest absolute Gasteiger partial charge is 0.365 e. The second-order valence-electron chi connectivity index (χ2n) is 3.48. The highest BCUT2D eigenvalue weighted by molar-refractivity contribution is 9.10. The van der Waals surface area contributed by atoms with E-state index in [9.17, 15) is 0 Å². The van der Waals surface area contributed by atoms with Gasteiger partial charge >= 0.3 is 0 Å². The van der Waals surface area contributed by atoms with Gasteiger partial charge in [0.15, 0.2) is 0 Å². The average Bonchev–Trinajstić information content (AvgIpc) is 2.39. The molecule has 0 saturated carbocycles. The van der Waals surface area contributed by atoms with E-state index in [2.05, 4.69) is 52.6 Å². The lowest BCUT2D eigenvalue weighted by Crippen LogP contribution is -2.12. The number of halogens is 2. The minimum atomic E-state index is 0.368. The highest BCUT2D eigenvalue weighted by Gasteiger charge is 2.05. The summed E-state index contributed by atoms with van der Waals surface area (Å²) < 4.78 is 1.84. The van der Waals surface area contributed by atoms with E-state index in [0.717, 1.165) is 14.5 Å². The van der Waals surface area contributed by atoms with Gasteiger partial charge in [-0.15, -0.1) is 0 Å². The molecule has 1 aromatic heterocycles. The number of nitrogens with zero attached hydrogens (tertiary/aromatic N) is 2. The quantitative estimate of drug-likeness (QED) is 0.568. The van der Waals surface area contributed by atoms with Crippen molar-refractivity contribution in [3.05, 3.63) is 45.0 Å². The van der Waals surface area contributed by atoms with Crippen molar-refractivity contribution in [2.45, 2.75) is 6.54 Å². The van der Waals surface area contributed by atoms with Crippen molar-refractivity contribution in [3.63, 3.8) is 0 Å². The van der Waals surface area contributed by atoms with Gasteiger partial charge in [-0.2, -0.15) is 4.98 Å². The SMILES string of the molecule is NNc1ncc(Br)c(NCc2ccccc2Br)n1. The molecule has 1 heterocycles. The molecule has 0 aliphatic rings. The van der Waals surface area contributed by atoms with Gasteiger partial charge in [0.25, 0.3) is 0 Å². The van der Waals surface area contributed by atoms with Gasteiger partial charge in [-0.1, -0.05) is 34.1 Å². The van der Waals surface area contributed by atoms with Gasteiger partial charge in [-0.05, 0) is 27.6 Å². The van der Waals surface area contributed by atoms with E-state index in [1.807, 2.05) is 24.3 Å². The third-order valence-corrected chi connectivity index (χ3v) is 3.63. The zero-order valence-corrected chi connectivity index (χ0v) is 12.5. The number of hydrazine groups is 1. The Morgan fingerprint density at radius 3 is 2.67 bits per heavy atom. The summed E-state index contributed by atoms with van der Waals surface area (Å²) in [6.07, 6.45) is 1.64. The summed E-state index contributed by atoms with van der Waals surface area (Å²) in [5.41, 5.74) is 3.56. The Balaban J connectivity index is 2.13. The first kappa shape index (κ1) is 13.3. The van der Waals surface area contributed by atoms with E-state index in [1.165, 1.54) is 0 Å². The maximum Gasteiger partial charge on any atom is 0.239 e. The fourth-order valence-electron chi connectivity index (χ4n) is 1.38. The van der Waals surface area contributed by atoms with E-state index >= 15 is 0 Å². The number of aromatic nitrogens is 2. The van der Waals surface area contributed by atoms with Crippen molar-refractivity contribution in [2.75, 3.05) is 10.7 Å². The van der Waals surface area contributed by atoms with Crippen LogP contribution in [0.4, 0.5) is 11.8 Å². The third kappa shape index (κ3) is 3.18. The first-order valence-corrected chi connectivity index (χ1v) is 6.75. The number of benzene rings is 1. The lowest BCUT2D eigenvalue weighted by atomic mass is 10.2. The smallest absolute Gasteiger partial charge is 0.239 e. The first-order chi connectivity index (χ1) is 8.70. The molecular weight excluding hydrogens is 362 g/mol. The highest BCUT2D eigenvalue weighted by Crippen LogP contribution is 2.22. The molecule has 5 nitrogen and oxygen atoms in total. The Morgan fingerprint density at radius 2 is 1.94 bits per heavy atom. The van der Waals surface area contributed by atoms with Gasteiger partial charge in [0.2, 0.25) is 5.95 Å². The van der Waals surface area contributed by atoms with E-state index in [4.69, 9.17) is 5.84 Å². The molecule has 0 amide bonds. The van der Waals surface area contributed by atoms with Crippen molar-refractivity contribution < 1.29 is 0 Å². The fourth-order valence-corrected chi connectivity index (χ4v) is 2.14. The van der Waals surface area contributed by atoms with Crippen molar-refractivity contribution in [2.24, 2.45) is 5.84 Å². The summed E-state index contributed by atoms with van der Waals surface area (Å²) in [6.45, 7) is 0.654. The number of nitrogens with two attached hydrogens (primary N) is 1. The summed E-state index contributed by atoms with van der Waals surface area (Å²) in [6, 6.07) is 8.00. The van der Waals surface area contributed by atoms with Crippen LogP contribution >= 0.6 is 31.9 Å². The van der Waals surface area contributed by atoms with Crippen molar-refractivity contribution in [1.82, 2.24) is 9.97 Å². The molecular formula is C11H11Br2N5. The molecule has 0 atom stereocenters. The summed E-state index contributed by atoms with van der Waals surface area (Å²) in [5, 5.41) is 3.22. The van der Waals surface area contributed by atoms with Crippen molar-refractivity contribution in [1.29, 1.82) is 0 Å². The highest BCUT2D eigenvalue weighted by atomic mass is 79.9. The molecule has 0 aliphatic heterocycles. The zero-order chi connectivity index (χ0) is 13.0. The Morgan fingerprint density at radius 1 is 1.17 bits per heavy atom. The van der Waals surface area contributed by atoms with Crippen LogP contribution in [0.15, 0.2) is 39.4 Å². The molecule has 0 saturated heterocycles. The molecule has 94 valence electrons. The molecule has 0 spiro atoms. The lowest BCUT2D eigenvalue weighted by Gasteiger charge is -2.09. The van der Waals surface area contributed by atoms with Crippen molar-refractivity contribution >= 4 is 43.6 Å². The standard InChI is InChI=1S/C11H11Br2N5/c12-8-4-2-1-3-7(8)5-15-10-9(13)6-16-11(17-10)18-14/h1-4,6H,5,14H2,(H2,15,16,17,18). The molecule has 0 fully saturated rings. The van der Waals surface area contributed by atoms with E-state index < -0.39 is 0 Å².